The molecule has 0 aliphatic heterocycles. The normalized spacial score (nSPS) is 11.7. The highest BCUT2D eigenvalue weighted by Gasteiger charge is 2.44. The number of hydrogen-bond acceptors (Lipinski definition) is 0. The number of benzene rings is 6. The lowest BCUT2D eigenvalue weighted by molar-refractivity contribution is 0.948. The predicted octanol–water partition coefficient (Wildman–Crippen LogP) is 7.92. The second-order valence-corrected chi connectivity index (χ2v) is 17.6. The Balaban J connectivity index is 1.41. The quantitative estimate of drug-likeness (QED) is 0.0831. The fourth-order valence-corrected chi connectivity index (χ4v) is 14.6. The lowest BCUT2D eigenvalue weighted by Gasteiger charge is -2.36. The molecular weight excluding hydrogens is 542 g/mol. The number of unbranched alkanes of at least 4 members (excludes halogenated alkanes) is 1. The van der Waals surface area contributed by atoms with E-state index in [1.807, 2.05) is 0 Å². The fraction of sp³-hybridized carbons (Fsp3) is 0.0750. The van der Waals surface area contributed by atoms with Crippen LogP contribution in [0.15, 0.2) is 182 Å². The summed E-state index contributed by atoms with van der Waals surface area (Å²) in [4.78, 5) is 0. The molecule has 0 N–H and O–H groups in total. The van der Waals surface area contributed by atoms with Crippen molar-refractivity contribution in [2.75, 3.05) is 6.16 Å². The van der Waals surface area contributed by atoms with Crippen LogP contribution in [0.3, 0.4) is 0 Å². The maximum atomic E-state index is 2.70. The molecule has 6 aromatic carbocycles. The van der Waals surface area contributed by atoms with E-state index in [0.29, 0.717) is 0 Å². The Morgan fingerprint density at radius 1 is 0.333 bits per heavy atom. The zero-order chi connectivity index (χ0) is 28.5. The first-order valence-electron chi connectivity index (χ1n) is 14.8. The van der Waals surface area contributed by atoms with Gasteiger partial charge in [-0.15, -0.1) is 6.42 Å². The highest BCUT2D eigenvalue weighted by Crippen LogP contribution is 2.60. The highest BCUT2D eigenvalue weighted by molar-refractivity contribution is 7.97. The van der Waals surface area contributed by atoms with Crippen LogP contribution in [0.5, 0.6) is 0 Å². The van der Waals surface area contributed by atoms with Crippen LogP contribution >= 0.6 is 14.5 Å². The van der Waals surface area contributed by atoms with E-state index in [2.05, 4.69) is 188 Å². The maximum Gasteiger partial charge on any atom is 0.112 e. The number of rotatable bonds is 11. The summed E-state index contributed by atoms with van der Waals surface area (Å²) in [6.45, 7) is 0. The van der Waals surface area contributed by atoms with Crippen molar-refractivity contribution in [1.29, 1.82) is 0 Å². The Morgan fingerprint density at radius 2 is 0.595 bits per heavy atom. The van der Waals surface area contributed by atoms with Gasteiger partial charge in [0, 0.05) is 0 Å². The molecule has 0 aliphatic rings. The summed E-state index contributed by atoms with van der Waals surface area (Å²) in [5.41, 5.74) is 0. The third kappa shape index (κ3) is 5.63. The first-order chi connectivity index (χ1) is 20.8. The molecule has 0 saturated carbocycles. The molecule has 6 rings (SSSR count). The summed E-state index contributed by atoms with van der Waals surface area (Å²) in [6, 6.07) is 67.3. The van der Waals surface area contributed by atoms with Crippen molar-refractivity contribution in [3.05, 3.63) is 188 Å². The van der Waals surface area contributed by atoms with Gasteiger partial charge < -0.3 is 0 Å². The Hall–Kier alpha value is -3.82. The van der Waals surface area contributed by atoms with Gasteiger partial charge in [-0.05, 0) is 86.5 Å². The van der Waals surface area contributed by atoms with E-state index in [-0.39, 0.29) is 0 Å². The molecular formula is C40H37P2+. The molecule has 6 aromatic rings. The van der Waals surface area contributed by atoms with E-state index in [1.165, 1.54) is 31.8 Å². The Bertz CT molecular complexity index is 1310. The third-order valence-corrected chi connectivity index (χ3v) is 16.9. The summed E-state index contributed by atoms with van der Waals surface area (Å²) in [5.74, 6) is 0. The monoisotopic (exact) mass is 579 g/mol. The predicted molar refractivity (Wildman–Crippen MR) is 189 cm³/mol. The van der Waals surface area contributed by atoms with Crippen molar-refractivity contribution in [1.82, 2.24) is 0 Å². The molecule has 0 aliphatic carbocycles. The second kappa shape index (κ2) is 13.4. The molecule has 0 spiro atoms. The number of hydrogen-bond donors (Lipinski definition) is 0. The average Bonchev–Trinajstić information content (AvgIpc) is 3.09. The molecule has 2 heteroatoms. The molecule has 206 valence electrons. The molecule has 0 fully saturated rings. The van der Waals surface area contributed by atoms with Crippen LogP contribution < -0.4 is 31.8 Å². The van der Waals surface area contributed by atoms with Crippen LogP contribution in [0.25, 0.3) is 0 Å². The van der Waals surface area contributed by atoms with Gasteiger partial charge in [0.2, 0.25) is 0 Å². The van der Waals surface area contributed by atoms with Gasteiger partial charge in [0.1, 0.15) is 23.2 Å². The van der Waals surface area contributed by atoms with Crippen molar-refractivity contribution in [3.63, 3.8) is 0 Å². The van der Waals surface area contributed by atoms with Crippen LogP contribution in [0.1, 0.15) is 12.8 Å². The van der Waals surface area contributed by atoms with Crippen molar-refractivity contribution in [2.24, 2.45) is 0 Å². The van der Waals surface area contributed by atoms with Gasteiger partial charge in [0.05, 0.1) is 22.1 Å². The molecule has 0 radical (unpaired) electrons. The molecule has 0 heterocycles. The largest absolute Gasteiger partial charge is 0.150 e. The summed E-state index contributed by atoms with van der Waals surface area (Å²) in [5, 5.41) is 8.61. The van der Waals surface area contributed by atoms with Crippen molar-refractivity contribution in [3.8, 4) is 0 Å². The van der Waals surface area contributed by atoms with Crippen LogP contribution in [0.4, 0.5) is 0 Å². The van der Waals surface area contributed by atoms with Gasteiger partial charge in [0.25, 0.3) is 0 Å². The fourth-order valence-electron chi connectivity index (χ4n) is 6.25. The van der Waals surface area contributed by atoms with Crippen molar-refractivity contribution in [2.45, 2.75) is 12.8 Å². The van der Waals surface area contributed by atoms with Crippen molar-refractivity contribution >= 4 is 46.4 Å². The first-order valence-corrected chi connectivity index (χ1v) is 18.6. The molecule has 0 nitrogen and oxygen atoms in total. The second-order valence-electron chi connectivity index (χ2n) is 10.6. The van der Waals surface area contributed by atoms with Crippen LogP contribution in [-0.4, -0.2) is 6.16 Å². The third-order valence-electron chi connectivity index (χ3n) is 8.18. The SMILES string of the molecule is c1ccc([P+]([CH-]CCC[P+](c2ccccc2)(c2ccccc2)c2ccccc2)(c2ccccc2)c2ccccc2)cc1. The van der Waals surface area contributed by atoms with Gasteiger partial charge in [-0.2, -0.15) is 6.16 Å². The first kappa shape index (κ1) is 28.3. The van der Waals surface area contributed by atoms with E-state index < -0.39 is 14.5 Å². The Labute approximate surface area is 252 Å². The van der Waals surface area contributed by atoms with Gasteiger partial charge in [-0.1, -0.05) is 109 Å². The van der Waals surface area contributed by atoms with Gasteiger partial charge in [-0.25, -0.2) is 0 Å². The standard InChI is InChI=1S/C40H37P2/c1-7-21-35(22-8-1)41(36-23-9-2-10-24-36,37-25-11-3-12-26-37)33-19-20-34-42(38-27-13-4-14-28-38,39-29-15-5-16-30-39)40-31-17-6-18-32-40/h1-18,21-33H,19-20,34H2/q+1. The van der Waals surface area contributed by atoms with E-state index in [1.54, 1.807) is 0 Å². The summed E-state index contributed by atoms with van der Waals surface area (Å²) < 4.78 is 0. The molecule has 0 saturated heterocycles. The molecule has 0 unspecified atom stereocenters. The van der Waals surface area contributed by atoms with E-state index in [9.17, 15) is 0 Å². The average molecular weight is 580 g/mol. The molecule has 0 amide bonds. The van der Waals surface area contributed by atoms with Crippen LogP contribution in [0, 0.1) is 6.16 Å². The topological polar surface area (TPSA) is 0 Å². The lowest BCUT2D eigenvalue weighted by atomic mass is 10.3. The van der Waals surface area contributed by atoms with E-state index in [4.69, 9.17) is 0 Å². The maximum absolute atomic E-state index is 2.70. The summed E-state index contributed by atoms with van der Waals surface area (Å²) in [6.07, 6.45) is 5.98. The van der Waals surface area contributed by atoms with Gasteiger partial charge >= 0.3 is 0 Å². The Morgan fingerprint density at radius 3 is 0.881 bits per heavy atom. The van der Waals surface area contributed by atoms with Gasteiger partial charge in [-0.3, -0.25) is 0 Å². The van der Waals surface area contributed by atoms with E-state index in [0.717, 1.165) is 19.0 Å². The Kier molecular flexibility index (Phi) is 9.06. The van der Waals surface area contributed by atoms with Crippen molar-refractivity contribution < 1.29 is 0 Å². The summed E-state index contributed by atoms with van der Waals surface area (Å²) in [7, 11) is -3.82. The minimum Gasteiger partial charge on any atom is -0.150 e. The zero-order valence-corrected chi connectivity index (χ0v) is 25.7. The molecule has 0 bridgehead atoms. The molecule has 0 atom stereocenters. The van der Waals surface area contributed by atoms with Crippen LogP contribution in [0.2, 0.25) is 0 Å². The smallest absolute Gasteiger partial charge is 0.112 e. The van der Waals surface area contributed by atoms with Crippen LogP contribution in [-0.2, 0) is 0 Å². The lowest BCUT2D eigenvalue weighted by Crippen LogP contribution is -2.34. The zero-order valence-electron chi connectivity index (χ0n) is 23.9. The van der Waals surface area contributed by atoms with Gasteiger partial charge in [0.15, 0.2) is 0 Å². The minimum absolute atomic E-state index is 1.04. The minimum atomic E-state index is -1.96. The summed E-state index contributed by atoms with van der Waals surface area (Å²) >= 11 is 0. The highest BCUT2D eigenvalue weighted by atomic mass is 31.2. The van der Waals surface area contributed by atoms with E-state index >= 15 is 0 Å². The molecule has 0 aromatic heterocycles. The molecule has 42 heavy (non-hydrogen) atoms.